The van der Waals surface area contributed by atoms with Gasteiger partial charge in [0.05, 0.1) is 29.4 Å². The second kappa shape index (κ2) is 5.39. The molecule has 90 valence electrons. The Morgan fingerprint density at radius 2 is 2.18 bits per heavy atom. The fourth-order valence-corrected chi connectivity index (χ4v) is 1.53. The fraction of sp³-hybridized carbons (Fsp3) is 0.333. The summed E-state index contributed by atoms with van der Waals surface area (Å²) in [6, 6.07) is 4.39. The normalized spacial score (nSPS) is 10.1. The number of rotatable bonds is 3. The number of nitrogens with zero attached hydrogens (tertiary/aromatic N) is 1. The Morgan fingerprint density at radius 1 is 1.53 bits per heavy atom. The van der Waals surface area contributed by atoms with Crippen LogP contribution < -0.4 is 0 Å². The topological polar surface area (TPSA) is 50.1 Å². The summed E-state index contributed by atoms with van der Waals surface area (Å²) in [7, 11) is 0. The van der Waals surface area contributed by atoms with Crippen molar-refractivity contribution in [2.45, 2.75) is 20.3 Å². The standard InChI is InChI=1S/C12H11F2NO2/c1-3-17-12(16)9-7(2)4-5-8(6-15)10(9)11(13)14/h4-5,11H,3H2,1-2H3. The Morgan fingerprint density at radius 3 is 2.65 bits per heavy atom. The predicted octanol–water partition coefficient (Wildman–Crippen LogP) is 2.98. The van der Waals surface area contributed by atoms with Crippen molar-refractivity contribution in [3.05, 3.63) is 34.4 Å². The molecule has 0 radical (unpaired) electrons. The largest absolute Gasteiger partial charge is 0.462 e. The second-order valence-corrected chi connectivity index (χ2v) is 3.35. The minimum atomic E-state index is -2.89. The number of carbonyl (C=O) groups excluding carboxylic acids is 1. The van der Waals surface area contributed by atoms with Gasteiger partial charge in [-0.05, 0) is 25.5 Å². The highest BCUT2D eigenvalue weighted by atomic mass is 19.3. The summed E-state index contributed by atoms with van der Waals surface area (Å²) in [5, 5.41) is 8.76. The maximum atomic E-state index is 12.9. The van der Waals surface area contributed by atoms with E-state index in [0.717, 1.165) is 0 Å². The van der Waals surface area contributed by atoms with Crippen LogP contribution >= 0.6 is 0 Å². The van der Waals surface area contributed by atoms with Crippen molar-refractivity contribution in [1.82, 2.24) is 0 Å². The molecule has 17 heavy (non-hydrogen) atoms. The molecule has 0 amide bonds. The van der Waals surface area contributed by atoms with Crippen molar-refractivity contribution in [2.75, 3.05) is 6.61 Å². The first-order valence-corrected chi connectivity index (χ1v) is 5.01. The molecule has 0 saturated carbocycles. The van der Waals surface area contributed by atoms with Gasteiger partial charge in [0.15, 0.2) is 0 Å². The smallest absolute Gasteiger partial charge is 0.338 e. The van der Waals surface area contributed by atoms with Crippen molar-refractivity contribution in [2.24, 2.45) is 0 Å². The molecular formula is C12H11F2NO2. The van der Waals surface area contributed by atoms with Crippen LogP contribution in [0.4, 0.5) is 8.78 Å². The first kappa shape index (κ1) is 13.1. The number of nitriles is 1. The fourth-order valence-electron chi connectivity index (χ4n) is 1.53. The van der Waals surface area contributed by atoms with E-state index in [9.17, 15) is 13.6 Å². The molecule has 1 aromatic carbocycles. The zero-order valence-electron chi connectivity index (χ0n) is 9.46. The number of alkyl halides is 2. The Labute approximate surface area is 97.6 Å². The molecule has 0 spiro atoms. The molecule has 0 fully saturated rings. The summed E-state index contributed by atoms with van der Waals surface area (Å²) in [5.74, 6) is -0.822. The molecule has 0 N–H and O–H groups in total. The number of hydrogen-bond acceptors (Lipinski definition) is 3. The molecule has 0 atom stereocenters. The van der Waals surface area contributed by atoms with E-state index in [1.165, 1.54) is 19.1 Å². The van der Waals surface area contributed by atoms with Gasteiger partial charge in [-0.1, -0.05) is 6.07 Å². The second-order valence-electron chi connectivity index (χ2n) is 3.35. The summed E-state index contributed by atoms with van der Waals surface area (Å²) >= 11 is 0. The van der Waals surface area contributed by atoms with Crippen molar-refractivity contribution < 1.29 is 18.3 Å². The molecule has 0 aliphatic carbocycles. The van der Waals surface area contributed by atoms with Crippen molar-refractivity contribution in [3.8, 4) is 6.07 Å². The zero-order chi connectivity index (χ0) is 13.0. The van der Waals surface area contributed by atoms with Gasteiger partial charge in [-0.25, -0.2) is 13.6 Å². The van der Waals surface area contributed by atoms with Gasteiger partial charge in [0.25, 0.3) is 6.43 Å². The lowest BCUT2D eigenvalue weighted by molar-refractivity contribution is 0.0514. The Kier molecular flexibility index (Phi) is 4.16. The van der Waals surface area contributed by atoms with E-state index in [2.05, 4.69) is 0 Å². The number of carbonyl (C=O) groups is 1. The van der Waals surface area contributed by atoms with Crippen LogP contribution in [0.3, 0.4) is 0 Å². The molecule has 0 heterocycles. The number of esters is 1. The summed E-state index contributed by atoms with van der Waals surface area (Å²) < 4.78 is 30.5. The third-order valence-corrected chi connectivity index (χ3v) is 2.27. The van der Waals surface area contributed by atoms with Crippen LogP contribution in [0.15, 0.2) is 12.1 Å². The molecule has 0 aromatic heterocycles. The lowest BCUT2D eigenvalue weighted by Crippen LogP contribution is -2.12. The molecule has 1 aromatic rings. The first-order valence-electron chi connectivity index (χ1n) is 5.01. The summed E-state index contributed by atoms with van der Waals surface area (Å²) in [4.78, 5) is 11.6. The average molecular weight is 239 g/mol. The van der Waals surface area contributed by atoms with Crippen LogP contribution in [-0.4, -0.2) is 12.6 Å². The molecule has 1 rings (SSSR count). The van der Waals surface area contributed by atoms with Crippen LogP contribution in [0, 0.1) is 18.3 Å². The Balaban J connectivity index is 3.45. The minimum Gasteiger partial charge on any atom is -0.462 e. The van der Waals surface area contributed by atoms with Gasteiger partial charge in [0, 0.05) is 0 Å². The number of aryl methyl sites for hydroxylation is 1. The van der Waals surface area contributed by atoms with Crippen LogP contribution in [0.5, 0.6) is 0 Å². The maximum absolute atomic E-state index is 12.9. The predicted molar refractivity (Wildman–Crippen MR) is 56.8 cm³/mol. The van der Waals surface area contributed by atoms with E-state index in [1.807, 2.05) is 0 Å². The lowest BCUT2D eigenvalue weighted by atomic mass is 9.97. The van der Waals surface area contributed by atoms with Crippen LogP contribution in [0.1, 0.15) is 40.4 Å². The van der Waals surface area contributed by atoms with E-state index in [-0.39, 0.29) is 17.7 Å². The Hall–Kier alpha value is -1.96. The first-order chi connectivity index (χ1) is 8.02. The lowest BCUT2D eigenvalue weighted by Gasteiger charge is -2.12. The minimum absolute atomic E-state index is 0.0950. The van der Waals surface area contributed by atoms with E-state index >= 15 is 0 Å². The number of hydrogen-bond donors (Lipinski definition) is 0. The molecular weight excluding hydrogens is 228 g/mol. The van der Waals surface area contributed by atoms with Crippen LogP contribution in [0.25, 0.3) is 0 Å². The van der Waals surface area contributed by atoms with Crippen molar-refractivity contribution in [3.63, 3.8) is 0 Å². The zero-order valence-corrected chi connectivity index (χ0v) is 9.46. The van der Waals surface area contributed by atoms with Gasteiger partial charge in [-0.2, -0.15) is 5.26 Å². The van der Waals surface area contributed by atoms with Crippen molar-refractivity contribution >= 4 is 5.97 Å². The van der Waals surface area contributed by atoms with Gasteiger partial charge in [-0.15, -0.1) is 0 Å². The van der Waals surface area contributed by atoms with Gasteiger partial charge in [0.1, 0.15) is 0 Å². The highest BCUT2D eigenvalue weighted by molar-refractivity contribution is 5.93. The Bertz CT molecular complexity index is 478. The SMILES string of the molecule is CCOC(=O)c1c(C)ccc(C#N)c1C(F)F. The highest BCUT2D eigenvalue weighted by Gasteiger charge is 2.25. The van der Waals surface area contributed by atoms with E-state index < -0.39 is 18.0 Å². The molecule has 0 saturated heterocycles. The molecule has 0 aliphatic rings. The molecule has 0 unspecified atom stereocenters. The number of benzene rings is 1. The third-order valence-electron chi connectivity index (χ3n) is 2.27. The molecule has 0 bridgehead atoms. The average Bonchev–Trinajstić information content (AvgIpc) is 2.28. The molecule has 0 aliphatic heterocycles. The van der Waals surface area contributed by atoms with E-state index in [4.69, 9.17) is 10.00 Å². The van der Waals surface area contributed by atoms with E-state index in [0.29, 0.717) is 5.56 Å². The molecule has 5 heteroatoms. The van der Waals surface area contributed by atoms with E-state index in [1.54, 1.807) is 13.0 Å². The summed E-state index contributed by atoms with van der Waals surface area (Å²) in [5.41, 5.74) is -0.585. The van der Waals surface area contributed by atoms with Gasteiger partial charge in [0.2, 0.25) is 0 Å². The number of halogens is 2. The van der Waals surface area contributed by atoms with Crippen LogP contribution in [-0.2, 0) is 4.74 Å². The monoisotopic (exact) mass is 239 g/mol. The summed E-state index contributed by atoms with van der Waals surface area (Å²) in [6.45, 7) is 3.21. The van der Waals surface area contributed by atoms with Crippen LogP contribution in [0.2, 0.25) is 0 Å². The molecule has 3 nitrogen and oxygen atoms in total. The van der Waals surface area contributed by atoms with Gasteiger partial charge in [-0.3, -0.25) is 0 Å². The van der Waals surface area contributed by atoms with Gasteiger partial charge >= 0.3 is 5.97 Å². The quantitative estimate of drug-likeness (QED) is 0.762. The maximum Gasteiger partial charge on any atom is 0.338 e. The van der Waals surface area contributed by atoms with Crippen molar-refractivity contribution in [1.29, 1.82) is 5.26 Å². The number of ether oxygens (including phenoxy) is 1. The third kappa shape index (κ3) is 2.59. The van der Waals surface area contributed by atoms with Gasteiger partial charge < -0.3 is 4.74 Å². The summed E-state index contributed by atoms with van der Waals surface area (Å²) in [6.07, 6.45) is -2.89. The highest BCUT2D eigenvalue weighted by Crippen LogP contribution is 2.29.